The van der Waals surface area contributed by atoms with Crippen molar-refractivity contribution in [1.29, 1.82) is 0 Å². The quantitative estimate of drug-likeness (QED) is 0.414. The third-order valence-corrected chi connectivity index (χ3v) is 6.02. The predicted octanol–water partition coefficient (Wildman–Crippen LogP) is 3.95. The summed E-state index contributed by atoms with van der Waals surface area (Å²) in [5, 5.41) is 6.52. The van der Waals surface area contributed by atoms with Crippen LogP contribution in [0, 0.1) is 0 Å². The lowest BCUT2D eigenvalue weighted by molar-refractivity contribution is -0.122. The van der Waals surface area contributed by atoms with Gasteiger partial charge in [0.2, 0.25) is 5.91 Å². The van der Waals surface area contributed by atoms with Crippen LogP contribution in [0.4, 0.5) is 0 Å². The molecule has 0 aliphatic carbocycles. The van der Waals surface area contributed by atoms with Gasteiger partial charge in [-0.15, -0.1) is 0 Å². The van der Waals surface area contributed by atoms with E-state index in [0.717, 1.165) is 28.2 Å². The molecule has 0 radical (unpaired) electrons. The van der Waals surface area contributed by atoms with Crippen LogP contribution in [-0.2, 0) is 11.2 Å². The highest BCUT2D eigenvalue weighted by Crippen LogP contribution is 2.26. The van der Waals surface area contributed by atoms with E-state index in [0.29, 0.717) is 12.1 Å². The lowest BCUT2D eigenvalue weighted by Gasteiger charge is -2.14. The number of hydrogen-bond acceptors (Lipinski definition) is 4. The second kappa shape index (κ2) is 9.57. The summed E-state index contributed by atoms with van der Waals surface area (Å²) < 4.78 is 2.86. The van der Waals surface area contributed by atoms with Gasteiger partial charge in [0.05, 0.1) is 10.2 Å². The molecule has 4 rings (SSSR count). The maximum absolute atomic E-state index is 12.6. The van der Waals surface area contributed by atoms with Crippen molar-refractivity contribution in [3.05, 3.63) is 84.2 Å². The van der Waals surface area contributed by atoms with E-state index in [1.54, 1.807) is 13.0 Å². The number of nitrogens with one attached hydrogen (secondary N) is 2. The van der Waals surface area contributed by atoms with Crippen molar-refractivity contribution in [3.8, 4) is 5.13 Å². The van der Waals surface area contributed by atoms with Crippen LogP contribution in [0.1, 0.15) is 29.3 Å². The molecule has 2 aromatic heterocycles. The first-order valence-corrected chi connectivity index (χ1v) is 11.1. The second-order valence-electron chi connectivity index (χ2n) is 7.34. The normalized spacial score (nSPS) is 11.9. The van der Waals surface area contributed by atoms with Crippen LogP contribution in [0.25, 0.3) is 15.3 Å². The number of nitrogens with zero attached hydrogens (tertiary/aromatic N) is 2. The Morgan fingerprint density at radius 2 is 1.84 bits per heavy atom. The van der Waals surface area contributed by atoms with E-state index in [9.17, 15) is 9.59 Å². The van der Waals surface area contributed by atoms with Crippen LogP contribution in [0.2, 0.25) is 0 Å². The highest BCUT2D eigenvalue weighted by molar-refractivity contribution is 7.20. The van der Waals surface area contributed by atoms with Gasteiger partial charge >= 0.3 is 0 Å². The first kappa shape index (κ1) is 20.8. The van der Waals surface area contributed by atoms with Crippen molar-refractivity contribution >= 4 is 33.4 Å². The molecule has 2 heterocycles. The summed E-state index contributed by atoms with van der Waals surface area (Å²) in [5.74, 6) is -0.458. The van der Waals surface area contributed by atoms with Crippen LogP contribution in [0.3, 0.4) is 0 Å². The van der Waals surface area contributed by atoms with E-state index in [4.69, 9.17) is 0 Å². The molecule has 0 aliphatic rings. The third-order valence-electron chi connectivity index (χ3n) is 4.99. The van der Waals surface area contributed by atoms with E-state index >= 15 is 0 Å². The summed E-state index contributed by atoms with van der Waals surface area (Å²) >= 11 is 1.52. The fourth-order valence-electron chi connectivity index (χ4n) is 3.27. The van der Waals surface area contributed by atoms with Crippen molar-refractivity contribution in [3.63, 3.8) is 0 Å². The molecule has 6 nitrogen and oxygen atoms in total. The summed E-state index contributed by atoms with van der Waals surface area (Å²) in [6, 6.07) is 18.8. The first-order chi connectivity index (χ1) is 15.1. The van der Waals surface area contributed by atoms with Gasteiger partial charge in [0.15, 0.2) is 5.13 Å². The minimum absolute atomic E-state index is 0.185. The fraction of sp³-hybridized carbons (Fsp3) is 0.208. The van der Waals surface area contributed by atoms with Gasteiger partial charge in [0.25, 0.3) is 5.91 Å². The average molecular weight is 433 g/mol. The Labute approximate surface area is 184 Å². The Bertz CT molecular complexity index is 1170. The van der Waals surface area contributed by atoms with Crippen molar-refractivity contribution in [2.45, 2.75) is 25.8 Å². The molecule has 0 unspecified atom stereocenters. The molecule has 2 aromatic carbocycles. The topological polar surface area (TPSA) is 76.0 Å². The Hall–Kier alpha value is -3.45. The number of aryl methyl sites for hydroxylation is 1. The SMILES string of the molecule is C[C@@H](NC(=O)c1ccc2nc(-n3cccc3)sc2c1)C(=O)NCCCc1ccccc1. The number of carbonyl (C=O) groups excluding carboxylic acids is 2. The summed E-state index contributed by atoms with van der Waals surface area (Å²) in [6.07, 6.45) is 5.63. The van der Waals surface area contributed by atoms with Crippen LogP contribution >= 0.6 is 11.3 Å². The smallest absolute Gasteiger partial charge is 0.251 e. The highest BCUT2D eigenvalue weighted by atomic mass is 32.1. The van der Waals surface area contributed by atoms with Crippen LogP contribution in [-0.4, -0.2) is 34.0 Å². The maximum Gasteiger partial charge on any atom is 0.251 e. The van der Waals surface area contributed by atoms with Gasteiger partial charge in [-0.3, -0.25) is 9.59 Å². The maximum atomic E-state index is 12.6. The molecule has 31 heavy (non-hydrogen) atoms. The number of amides is 2. The van der Waals surface area contributed by atoms with Crippen molar-refractivity contribution in [1.82, 2.24) is 20.2 Å². The molecule has 0 bridgehead atoms. The molecule has 0 saturated carbocycles. The molecule has 0 aliphatic heterocycles. The van der Waals surface area contributed by atoms with E-state index in [1.165, 1.54) is 16.9 Å². The Morgan fingerprint density at radius 1 is 1.06 bits per heavy atom. The Kier molecular flexibility index (Phi) is 6.43. The van der Waals surface area contributed by atoms with E-state index in [1.807, 2.05) is 59.4 Å². The predicted molar refractivity (Wildman–Crippen MR) is 124 cm³/mol. The summed E-state index contributed by atoms with van der Waals surface area (Å²) in [7, 11) is 0. The lowest BCUT2D eigenvalue weighted by Crippen LogP contribution is -2.45. The summed E-state index contributed by atoms with van der Waals surface area (Å²) in [5.41, 5.74) is 2.60. The van der Waals surface area contributed by atoms with Gasteiger partial charge in [-0.25, -0.2) is 4.98 Å². The number of hydrogen-bond donors (Lipinski definition) is 2. The zero-order chi connectivity index (χ0) is 21.6. The van der Waals surface area contributed by atoms with E-state index in [2.05, 4.69) is 27.8 Å². The molecule has 0 fully saturated rings. The lowest BCUT2D eigenvalue weighted by atomic mass is 10.1. The Balaban J connectivity index is 1.30. The molecule has 158 valence electrons. The number of fused-ring (bicyclic) bond motifs is 1. The van der Waals surface area contributed by atoms with Gasteiger partial charge in [-0.1, -0.05) is 41.7 Å². The summed E-state index contributed by atoms with van der Waals surface area (Å²) in [4.78, 5) is 29.6. The van der Waals surface area contributed by atoms with Crippen molar-refractivity contribution in [2.24, 2.45) is 0 Å². The molecular formula is C24H24N4O2S. The molecule has 0 saturated heterocycles. The Morgan fingerprint density at radius 3 is 2.61 bits per heavy atom. The fourth-order valence-corrected chi connectivity index (χ4v) is 4.25. The summed E-state index contributed by atoms with van der Waals surface area (Å²) in [6.45, 7) is 2.27. The second-order valence-corrected chi connectivity index (χ2v) is 8.35. The number of carbonyl (C=O) groups is 2. The molecule has 1 atom stereocenters. The molecule has 2 N–H and O–H groups in total. The third kappa shape index (κ3) is 5.19. The van der Waals surface area contributed by atoms with Crippen LogP contribution < -0.4 is 10.6 Å². The van der Waals surface area contributed by atoms with Crippen LogP contribution in [0.15, 0.2) is 73.1 Å². The number of aromatic nitrogens is 2. The van der Waals surface area contributed by atoms with Gasteiger partial charge in [-0.2, -0.15) is 0 Å². The number of rotatable bonds is 8. The minimum atomic E-state index is -0.614. The zero-order valence-corrected chi connectivity index (χ0v) is 18.1. The number of thiazole rings is 1. The van der Waals surface area contributed by atoms with Crippen LogP contribution in [0.5, 0.6) is 0 Å². The standard InChI is InChI=1S/C24H24N4O2S/c1-17(22(29)25-13-7-10-18-8-3-2-4-9-18)26-23(30)19-11-12-20-21(16-19)31-24(27-20)28-14-5-6-15-28/h2-6,8-9,11-12,14-17H,7,10,13H2,1H3,(H,25,29)(H,26,30)/t17-/m1/s1. The monoisotopic (exact) mass is 432 g/mol. The molecule has 7 heteroatoms. The molecule has 0 spiro atoms. The largest absolute Gasteiger partial charge is 0.354 e. The first-order valence-electron chi connectivity index (χ1n) is 10.3. The zero-order valence-electron chi connectivity index (χ0n) is 17.2. The molecule has 4 aromatic rings. The highest BCUT2D eigenvalue weighted by Gasteiger charge is 2.17. The van der Waals surface area contributed by atoms with Gasteiger partial charge in [0, 0.05) is 24.5 Å². The molecular weight excluding hydrogens is 408 g/mol. The minimum Gasteiger partial charge on any atom is -0.354 e. The van der Waals surface area contributed by atoms with E-state index in [-0.39, 0.29) is 11.8 Å². The van der Waals surface area contributed by atoms with E-state index < -0.39 is 6.04 Å². The van der Waals surface area contributed by atoms with Crippen molar-refractivity contribution < 1.29 is 9.59 Å². The molecule has 2 amide bonds. The number of benzene rings is 2. The average Bonchev–Trinajstić information content (AvgIpc) is 3.46. The van der Waals surface area contributed by atoms with Gasteiger partial charge < -0.3 is 15.2 Å². The van der Waals surface area contributed by atoms with Gasteiger partial charge in [-0.05, 0) is 55.7 Å². The van der Waals surface area contributed by atoms with Gasteiger partial charge in [0.1, 0.15) is 6.04 Å². The van der Waals surface area contributed by atoms with Crippen molar-refractivity contribution in [2.75, 3.05) is 6.54 Å².